The third kappa shape index (κ3) is 2.41. The Kier molecular flexibility index (Phi) is 3.47. The largest absolute Gasteiger partial charge is 0.294 e. The van der Waals surface area contributed by atoms with E-state index in [4.69, 9.17) is 0 Å². The van der Waals surface area contributed by atoms with Gasteiger partial charge in [0, 0.05) is 11.3 Å². The highest BCUT2D eigenvalue weighted by Gasteiger charge is 2.13. The zero-order chi connectivity index (χ0) is 14.2. The van der Waals surface area contributed by atoms with E-state index < -0.39 is 0 Å². The van der Waals surface area contributed by atoms with E-state index in [1.807, 2.05) is 13.0 Å². The van der Waals surface area contributed by atoms with Crippen LogP contribution in [0.1, 0.15) is 38.6 Å². The zero-order valence-electron chi connectivity index (χ0n) is 12.0. The summed E-state index contributed by atoms with van der Waals surface area (Å²) < 4.78 is 0. The molecule has 3 heteroatoms. The molecule has 0 radical (unpaired) electrons. The first-order chi connectivity index (χ1) is 8.93. The van der Waals surface area contributed by atoms with Crippen LogP contribution in [0.5, 0.6) is 0 Å². The molecule has 0 aliphatic heterocycles. The lowest BCUT2D eigenvalue weighted by molar-refractivity contribution is 0.111. The Labute approximate surface area is 113 Å². The SMILES string of the molecule is Cc1cc(-c2c(C)c(C)cc(C)c2C)nc(C=O)n1. The summed E-state index contributed by atoms with van der Waals surface area (Å²) in [7, 11) is 0. The van der Waals surface area contributed by atoms with Gasteiger partial charge in [-0.2, -0.15) is 0 Å². The second-order valence-electron chi connectivity index (χ2n) is 5.01. The van der Waals surface area contributed by atoms with Crippen molar-refractivity contribution in [2.45, 2.75) is 34.6 Å². The average Bonchev–Trinajstić information content (AvgIpc) is 2.36. The van der Waals surface area contributed by atoms with Gasteiger partial charge in [0.05, 0.1) is 5.69 Å². The standard InChI is InChI=1S/C16H18N2O/c1-9-6-10(2)13(5)16(12(9)4)14-7-11(3)17-15(8-19)18-14/h6-8H,1-5H3. The second-order valence-corrected chi connectivity index (χ2v) is 5.01. The molecule has 0 aliphatic carbocycles. The highest BCUT2D eigenvalue weighted by molar-refractivity contribution is 5.74. The number of nitrogens with zero attached hydrogens (tertiary/aromatic N) is 2. The van der Waals surface area contributed by atoms with Crippen LogP contribution in [0.2, 0.25) is 0 Å². The molecule has 0 amide bonds. The number of aryl methyl sites for hydroxylation is 3. The second kappa shape index (κ2) is 4.92. The van der Waals surface area contributed by atoms with Gasteiger partial charge in [0.25, 0.3) is 0 Å². The Morgan fingerprint density at radius 3 is 2.00 bits per heavy atom. The Balaban J connectivity index is 2.78. The number of hydrogen-bond acceptors (Lipinski definition) is 3. The Hall–Kier alpha value is -2.03. The van der Waals surface area contributed by atoms with E-state index in [1.54, 1.807) is 0 Å². The minimum atomic E-state index is 0.243. The van der Waals surface area contributed by atoms with Crippen molar-refractivity contribution < 1.29 is 4.79 Å². The molecule has 0 bridgehead atoms. The van der Waals surface area contributed by atoms with Crippen molar-refractivity contribution in [3.63, 3.8) is 0 Å². The third-order valence-electron chi connectivity index (χ3n) is 3.60. The molecule has 0 saturated heterocycles. The topological polar surface area (TPSA) is 42.9 Å². The van der Waals surface area contributed by atoms with Crippen LogP contribution in [0.15, 0.2) is 12.1 Å². The molecule has 0 N–H and O–H groups in total. The minimum Gasteiger partial charge on any atom is -0.294 e. The maximum atomic E-state index is 10.9. The number of benzene rings is 1. The van der Waals surface area contributed by atoms with Crippen molar-refractivity contribution in [1.29, 1.82) is 0 Å². The fourth-order valence-corrected chi connectivity index (χ4v) is 2.37. The minimum absolute atomic E-state index is 0.243. The summed E-state index contributed by atoms with van der Waals surface area (Å²) in [4.78, 5) is 19.4. The van der Waals surface area contributed by atoms with E-state index >= 15 is 0 Å². The summed E-state index contributed by atoms with van der Waals surface area (Å²) >= 11 is 0. The monoisotopic (exact) mass is 254 g/mol. The molecule has 0 aliphatic rings. The summed E-state index contributed by atoms with van der Waals surface area (Å²) in [5.74, 6) is 0.243. The fourth-order valence-electron chi connectivity index (χ4n) is 2.37. The Morgan fingerprint density at radius 2 is 1.47 bits per heavy atom. The smallest absolute Gasteiger partial charge is 0.193 e. The lowest BCUT2D eigenvalue weighted by atomic mass is 9.92. The van der Waals surface area contributed by atoms with Gasteiger partial charge in [0.2, 0.25) is 0 Å². The van der Waals surface area contributed by atoms with Crippen molar-refractivity contribution >= 4 is 6.29 Å². The maximum absolute atomic E-state index is 10.9. The van der Waals surface area contributed by atoms with Gasteiger partial charge in [-0.3, -0.25) is 4.79 Å². The van der Waals surface area contributed by atoms with Gasteiger partial charge in [0.15, 0.2) is 12.1 Å². The maximum Gasteiger partial charge on any atom is 0.193 e. The third-order valence-corrected chi connectivity index (χ3v) is 3.60. The molecule has 19 heavy (non-hydrogen) atoms. The number of aromatic nitrogens is 2. The number of rotatable bonds is 2. The van der Waals surface area contributed by atoms with Crippen molar-refractivity contribution in [2.75, 3.05) is 0 Å². The molecular weight excluding hydrogens is 236 g/mol. The lowest BCUT2D eigenvalue weighted by Gasteiger charge is -2.15. The molecule has 0 fully saturated rings. The summed E-state index contributed by atoms with van der Waals surface area (Å²) in [5.41, 5.74) is 7.65. The van der Waals surface area contributed by atoms with Gasteiger partial charge in [0.1, 0.15) is 0 Å². The molecule has 0 saturated carbocycles. The van der Waals surface area contributed by atoms with Gasteiger partial charge in [-0.15, -0.1) is 0 Å². The molecule has 0 spiro atoms. The highest BCUT2D eigenvalue weighted by atomic mass is 16.1. The van der Waals surface area contributed by atoms with Crippen molar-refractivity contribution in [1.82, 2.24) is 9.97 Å². The number of hydrogen-bond donors (Lipinski definition) is 0. The van der Waals surface area contributed by atoms with E-state index in [0.29, 0.717) is 6.29 Å². The molecule has 98 valence electrons. The van der Waals surface area contributed by atoms with Crippen LogP contribution in [-0.4, -0.2) is 16.3 Å². The number of carbonyl (C=O) groups is 1. The highest BCUT2D eigenvalue weighted by Crippen LogP contribution is 2.30. The van der Waals surface area contributed by atoms with E-state index in [1.165, 1.54) is 22.3 Å². The quantitative estimate of drug-likeness (QED) is 0.770. The summed E-state index contributed by atoms with van der Waals surface area (Å²) in [6, 6.07) is 4.12. The first-order valence-corrected chi connectivity index (χ1v) is 6.32. The van der Waals surface area contributed by atoms with E-state index in [0.717, 1.165) is 17.0 Å². The van der Waals surface area contributed by atoms with E-state index in [-0.39, 0.29) is 5.82 Å². The molecule has 3 nitrogen and oxygen atoms in total. The zero-order valence-corrected chi connectivity index (χ0v) is 12.0. The summed E-state index contributed by atoms with van der Waals surface area (Å²) in [5, 5.41) is 0. The van der Waals surface area contributed by atoms with Gasteiger partial charge in [-0.05, 0) is 62.9 Å². The molecule has 1 aromatic heterocycles. The number of carbonyl (C=O) groups excluding carboxylic acids is 1. The fraction of sp³-hybridized carbons (Fsp3) is 0.312. The first-order valence-electron chi connectivity index (χ1n) is 6.32. The van der Waals surface area contributed by atoms with Crippen molar-refractivity contribution in [2.24, 2.45) is 0 Å². The lowest BCUT2D eigenvalue weighted by Crippen LogP contribution is -2.01. The molecule has 0 atom stereocenters. The van der Waals surface area contributed by atoms with Crippen LogP contribution in [0.25, 0.3) is 11.3 Å². The summed E-state index contributed by atoms with van der Waals surface area (Å²) in [6.07, 6.45) is 0.698. The van der Waals surface area contributed by atoms with Crippen LogP contribution in [0.4, 0.5) is 0 Å². The van der Waals surface area contributed by atoms with Crippen LogP contribution in [0, 0.1) is 34.6 Å². The van der Waals surface area contributed by atoms with E-state index in [9.17, 15) is 4.79 Å². The predicted molar refractivity (Wildman–Crippen MR) is 76.5 cm³/mol. The van der Waals surface area contributed by atoms with Crippen molar-refractivity contribution in [3.8, 4) is 11.3 Å². The Morgan fingerprint density at radius 1 is 0.895 bits per heavy atom. The van der Waals surface area contributed by atoms with Crippen LogP contribution in [0.3, 0.4) is 0 Å². The molecule has 0 unspecified atom stereocenters. The van der Waals surface area contributed by atoms with Gasteiger partial charge in [-0.25, -0.2) is 9.97 Å². The van der Waals surface area contributed by atoms with Gasteiger partial charge >= 0.3 is 0 Å². The average molecular weight is 254 g/mol. The Bertz CT molecular complexity index is 634. The van der Waals surface area contributed by atoms with Gasteiger partial charge < -0.3 is 0 Å². The molecule has 2 aromatic rings. The molecule has 1 aromatic carbocycles. The van der Waals surface area contributed by atoms with Crippen LogP contribution in [-0.2, 0) is 0 Å². The van der Waals surface area contributed by atoms with Crippen LogP contribution < -0.4 is 0 Å². The molecule has 2 rings (SSSR count). The first kappa shape index (κ1) is 13.4. The predicted octanol–water partition coefficient (Wildman–Crippen LogP) is 3.50. The summed E-state index contributed by atoms with van der Waals surface area (Å²) in [6.45, 7) is 10.3. The van der Waals surface area contributed by atoms with E-state index in [2.05, 4.69) is 43.7 Å². The normalized spacial score (nSPS) is 10.6. The molecule has 1 heterocycles. The number of aldehydes is 1. The molecular formula is C16H18N2O. The van der Waals surface area contributed by atoms with Gasteiger partial charge in [-0.1, -0.05) is 6.07 Å². The van der Waals surface area contributed by atoms with Crippen molar-refractivity contribution in [3.05, 3.63) is 45.9 Å². The van der Waals surface area contributed by atoms with Crippen LogP contribution >= 0.6 is 0 Å².